The van der Waals surface area contributed by atoms with Gasteiger partial charge in [-0.25, -0.2) is 4.98 Å². The van der Waals surface area contributed by atoms with E-state index in [1.54, 1.807) is 6.92 Å². The van der Waals surface area contributed by atoms with Gasteiger partial charge in [0.05, 0.1) is 6.33 Å². The molecule has 7 N–H and O–H groups in total. The molecule has 146 valence electrons. The van der Waals surface area contributed by atoms with Crippen molar-refractivity contribution in [2.75, 3.05) is 13.6 Å². The molecule has 0 aliphatic rings. The second-order valence-corrected chi connectivity index (χ2v) is 5.87. The van der Waals surface area contributed by atoms with Gasteiger partial charge < -0.3 is 30.9 Å². The molecule has 26 heavy (non-hydrogen) atoms. The van der Waals surface area contributed by atoms with Gasteiger partial charge in [0.15, 0.2) is 0 Å². The molecule has 11 nitrogen and oxygen atoms in total. The second-order valence-electron chi connectivity index (χ2n) is 5.87. The van der Waals surface area contributed by atoms with Crippen LogP contribution in [0.4, 0.5) is 0 Å². The van der Waals surface area contributed by atoms with Crippen LogP contribution < -0.4 is 16.0 Å². The predicted octanol–water partition coefficient (Wildman–Crippen LogP) is -1.51. The van der Waals surface area contributed by atoms with Gasteiger partial charge in [0, 0.05) is 24.4 Å². The van der Waals surface area contributed by atoms with Crippen molar-refractivity contribution in [1.82, 2.24) is 25.9 Å². The van der Waals surface area contributed by atoms with Gasteiger partial charge in [0.2, 0.25) is 0 Å². The first kappa shape index (κ1) is 21.5. The fourth-order valence-electron chi connectivity index (χ4n) is 2.50. The Bertz CT molecular complexity index is 593. The third-order valence-corrected chi connectivity index (χ3v) is 3.95. The third-order valence-electron chi connectivity index (χ3n) is 3.95. The molecule has 0 aliphatic heterocycles. The number of hydrogen-bond acceptors (Lipinski definition) is 7. The van der Waals surface area contributed by atoms with Crippen molar-refractivity contribution in [3.63, 3.8) is 0 Å². The fourth-order valence-corrected chi connectivity index (χ4v) is 2.50. The summed E-state index contributed by atoms with van der Waals surface area (Å²) in [5.41, 5.74) is 0.607. The van der Waals surface area contributed by atoms with Crippen LogP contribution in [0, 0.1) is 0 Å². The van der Waals surface area contributed by atoms with Gasteiger partial charge in [-0.05, 0) is 26.9 Å². The molecule has 1 aromatic heterocycles. The minimum absolute atomic E-state index is 0.118. The standard InChI is InChI=1S/C15H25N5O6/c1-8(20-11(14(23)24)5-9-6-17-7-19-9)12(15(25)26)18-4-3-10(16-2)13(21)22/h6-8,10-12,16,18,20H,3-5H2,1-2H3,(H,17,19)(H,21,22)(H,23,24)(H,25,26)/t8?,10?,11-,12+/m0/s1. The van der Waals surface area contributed by atoms with E-state index in [9.17, 15) is 24.6 Å². The number of rotatable bonds is 13. The molecule has 1 rings (SSSR count). The highest BCUT2D eigenvalue weighted by Gasteiger charge is 2.29. The molecule has 0 aromatic carbocycles. The van der Waals surface area contributed by atoms with E-state index >= 15 is 0 Å². The van der Waals surface area contributed by atoms with Crippen LogP contribution in [0.5, 0.6) is 0 Å². The lowest BCUT2D eigenvalue weighted by Gasteiger charge is -2.26. The van der Waals surface area contributed by atoms with Crippen LogP contribution in [0.15, 0.2) is 12.5 Å². The number of carbonyl (C=O) groups is 3. The maximum absolute atomic E-state index is 11.5. The van der Waals surface area contributed by atoms with Crippen LogP contribution in [0.2, 0.25) is 0 Å². The first-order valence-electron chi connectivity index (χ1n) is 8.08. The SMILES string of the molecule is CNC(CCN[C@@H](C(=O)O)C(C)N[C@@H](Cc1cnc[nH]1)C(=O)O)C(=O)O. The van der Waals surface area contributed by atoms with Crippen molar-refractivity contribution >= 4 is 17.9 Å². The molecule has 0 amide bonds. The van der Waals surface area contributed by atoms with Crippen LogP contribution in [0.3, 0.4) is 0 Å². The fraction of sp³-hybridized carbons (Fsp3) is 0.600. The van der Waals surface area contributed by atoms with Crippen LogP contribution in [-0.2, 0) is 20.8 Å². The molecular formula is C15H25N5O6. The Hall–Kier alpha value is -2.50. The molecule has 1 aromatic rings. The summed E-state index contributed by atoms with van der Waals surface area (Å²) in [6.07, 6.45) is 3.23. The highest BCUT2D eigenvalue weighted by atomic mass is 16.4. The summed E-state index contributed by atoms with van der Waals surface area (Å²) in [5, 5.41) is 35.9. The number of aromatic amines is 1. The van der Waals surface area contributed by atoms with Crippen molar-refractivity contribution in [2.24, 2.45) is 0 Å². The summed E-state index contributed by atoms with van der Waals surface area (Å²) in [4.78, 5) is 40.5. The normalized spacial score (nSPS) is 15.8. The van der Waals surface area contributed by atoms with Gasteiger partial charge in [-0.3, -0.25) is 19.7 Å². The Morgan fingerprint density at radius 2 is 1.81 bits per heavy atom. The molecule has 0 bridgehead atoms. The summed E-state index contributed by atoms with van der Waals surface area (Å²) in [5.74, 6) is -3.30. The number of likely N-dealkylation sites (N-methyl/N-ethyl adjacent to an activating group) is 1. The van der Waals surface area contributed by atoms with E-state index in [1.165, 1.54) is 19.6 Å². The molecule has 4 atom stereocenters. The number of carboxylic acids is 3. The Morgan fingerprint density at radius 3 is 2.27 bits per heavy atom. The largest absolute Gasteiger partial charge is 0.480 e. The van der Waals surface area contributed by atoms with Crippen molar-refractivity contribution in [1.29, 1.82) is 0 Å². The summed E-state index contributed by atoms with van der Waals surface area (Å²) < 4.78 is 0. The lowest BCUT2D eigenvalue weighted by Crippen LogP contribution is -2.56. The van der Waals surface area contributed by atoms with Crippen molar-refractivity contribution in [2.45, 2.75) is 43.9 Å². The van der Waals surface area contributed by atoms with Gasteiger partial charge in [0.25, 0.3) is 0 Å². The van der Waals surface area contributed by atoms with E-state index in [1.807, 2.05) is 0 Å². The van der Waals surface area contributed by atoms with Gasteiger partial charge in [-0.15, -0.1) is 0 Å². The van der Waals surface area contributed by atoms with Crippen LogP contribution in [-0.4, -0.2) is 81.0 Å². The molecule has 11 heteroatoms. The number of nitrogens with one attached hydrogen (secondary N) is 4. The topological polar surface area (TPSA) is 177 Å². The molecule has 0 aliphatic carbocycles. The van der Waals surface area contributed by atoms with Crippen LogP contribution in [0.25, 0.3) is 0 Å². The number of H-pyrrole nitrogens is 1. The first-order chi connectivity index (χ1) is 12.3. The summed E-state index contributed by atoms with van der Waals surface area (Å²) >= 11 is 0. The zero-order valence-corrected chi connectivity index (χ0v) is 14.6. The number of nitrogens with zero attached hydrogens (tertiary/aromatic N) is 1. The highest BCUT2D eigenvalue weighted by molar-refractivity contribution is 5.76. The summed E-state index contributed by atoms with van der Waals surface area (Å²) in [6.45, 7) is 1.69. The van der Waals surface area contributed by atoms with E-state index in [-0.39, 0.29) is 19.4 Å². The maximum atomic E-state index is 11.5. The molecule has 0 saturated heterocycles. The number of aliphatic carboxylic acids is 3. The minimum atomic E-state index is -1.16. The predicted molar refractivity (Wildman–Crippen MR) is 90.8 cm³/mol. The minimum Gasteiger partial charge on any atom is -0.480 e. The number of aromatic nitrogens is 2. The van der Waals surface area contributed by atoms with Gasteiger partial charge >= 0.3 is 17.9 Å². The molecule has 2 unspecified atom stereocenters. The van der Waals surface area contributed by atoms with E-state index < -0.39 is 42.1 Å². The van der Waals surface area contributed by atoms with Gasteiger partial charge in [-0.1, -0.05) is 0 Å². The highest BCUT2D eigenvalue weighted by Crippen LogP contribution is 2.03. The second kappa shape index (κ2) is 10.5. The van der Waals surface area contributed by atoms with Gasteiger partial charge in [0.1, 0.15) is 18.1 Å². The van der Waals surface area contributed by atoms with Gasteiger partial charge in [-0.2, -0.15) is 0 Å². The quantitative estimate of drug-likeness (QED) is 0.216. The van der Waals surface area contributed by atoms with Crippen molar-refractivity contribution in [3.8, 4) is 0 Å². The molecule has 0 spiro atoms. The number of imidazole rings is 1. The Kier molecular flexibility index (Phi) is 8.68. The number of carboxylic acid groups (broad SMARTS) is 3. The summed E-state index contributed by atoms with van der Waals surface area (Å²) in [6, 6.07) is -3.59. The Balaban J connectivity index is 2.64. The van der Waals surface area contributed by atoms with Crippen LogP contribution in [0.1, 0.15) is 19.0 Å². The van der Waals surface area contributed by atoms with E-state index in [0.29, 0.717) is 5.69 Å². The molecule has 0 fully saturated rings. The maximum Gasteiger partial charge on any atom is 0.322 e. The molecular weight excluding hydrogens is 346 g/mol. The van der Waals surface area contributed by atoms with Crippen molar-refractivity contribution in [3.05, 3.63) is 18.2 Å². The van der Waals surface area contributed by atoms with E-state index in [0.717, 1.165) is 0 Å². The molecule has 0 radical (unpaired) electrons. The van der Waals surface area contributed by atoms with Crippen molar-refractivity contribution < 1.29 is 29.7 Å². The Labute approximate surface area is 150 Å². The third kappa shape index (κ3) is 6.78. The Morgan fingerprint density at radius 1 is 1.15 bits per heavy atom. The van der Waals surface area contributed by atoms with E-state index in [2.05, 4.69) is 25.9 Å². The lowest BCUT2D eigenvalue weighted by molar-refractivity contribution is -0.143. The average molecular weight is 371 g/mol. The molecule has 0 saturated carbocycles. The number of hydrogen-bond donors (Lipinski definition) is 7. The lowest BCUT2D eigenvalue weighted by atomic mass is 10.1. The smallest absolute Gasteiger partial charge is 0.322 e. The van der Waals surface area contributed by atoms with E-state index in [4.69, 9.17) is 5.11 Å². The average Bonchev–Trinajstić information content (AvgIpc) is 3.06. The first-order valence-corrected chi connectivity index (χ1v) is 8.08. The zero-order chi connectivity index (χ0) is 19.7. The van der Waals surface area contributed by atoms with Crippen LogP contribution >= 0.6 is 0 Å². The summed E-state index contributed by atoms with van der Waals surface area (Å²) in [7, 11) is 1.50. The molecule has 1 heterocycles. The monoisotopic (exact) mass is 371 g/mol. The zero-order valence-electron chi connectivity index (χ0n) is 14.6.